The van der Waals surface area contributed by atoms with Crippen molar-refractivity contribution in [1.82, 2.24) is 9.78 Å². The lowest BCUT2D eigenvalue weighted by atomic mass is 9.97. The molecule has 5 aromatic rings. The average molecular weight is 499 g/mol. The summed E-state index contributed by atoms with van der Waals surface area (Å²) >= 11 is 0. The van der Waals surface area contributed by atoms with Gasteiger partial charge >= 0.3 is 0 Å². The van der Waals surface area contributed by atoms with Crippen LogP contribution >= 0.6 is 0 Å². The molecule has 2 aliphatic heterocycles. The summed E-state index contributed by atoms with van der Waals surface area (Å²) in [5.41, 5.74) is 8.11. The molecule has 7 rings (SSSR count). The van der Waals surface area contributed by atoms with Gasteiger partial charge in [0, 0.05) is 5.69 Å². The zero-order valence-corrected chi connectivity index (χ0v) is 21.4. The Hall–Kier alpha value is -4.91. The van der Waals surface area contributed by atoms with Crippen LogP contribution in [0.1, 0.15) is 34.2 Å². The number of hydrogen-bond acceptors (Lipinski definition) is 6. The smallest absolute Gasteiger partial charge is 0.179 e. The second-order valence-corrected chi connectivity index (χ2v) is 9.67. The molecule has 4 heterocycles. The molecule has 0 radical (unpaired) electrons. The van der Waals surface area contributed by atoms with Gasteiger partial charge in [-0.25, -0.2) is 14.7 Å². The number of aliphatic imine (C=N–C) groups is 2. The monoisotopic (exact) mass is 498 g/mol. The maximum Gasteiger partial charge on any atom is 0.179 e. The molecule has 2 aromatic heterocycles. The number of hydrogen-bond donors (Lipinski definition) is 1. The number of nitrogens with zero attached hydrogens (tertiary/aromatic N) is 5. The number of fused-ring (bicyclic) bond motifs is 4. The predicted octanol–water partition coefficient (Wildman–Crippen LogP) is 7.19. The van der Waals surface area contributed by atoms with Crippen LogP contribution in [0.15, 0.2) is 106 Å². The Morgan fingerprint density at radius 2 is 1.63 bits per heavy atom. The molecule has 0 fully saturated rings. The van der Waals surface area contributed by atoms with Crippen molar-refractivity contribution in [2.75, 3.05) is 10.2 Å². The Labute approximate surface area is 220 Å². The lowest BCUT2D eigenvalue weighted by Crippen LogP contribution is -2.46. The van der Waals surface area contributed by atoms with E-state index in [1.807, 2.05) is 72.3 Å². The molecule has 38 heavy (non-hydrogen) atoms. The van der Waals surface area contributed by atoms with E-state index in [4.69, 9.17) is 19.5 Å². The molecule has 1 N–H and O–H groups in total. The van der Waals surface area contributed by atoms with Gasteiger partial charge in [-0.05, 0) is 80.4 Å². The molecule has 0 amide bonds. The van der Waals surface area contributed by atoms with Gasteiger partial charge in [0.2, 0.25) is 0 Å². The molecule has 186 valence electrons. The maximum absolute atomic E-state index is 6.05. The van der Waals surface area contributed by atoms with Crippen LogP contribution in [0.25, 0.3) is 5.69 Å². The Morgan fingerprint density at radius 3 is 2.42 bits per heavy atom. The standard InChI is InChI=1S/C31H26N6O/c1-19-15-16-22(18-20(19)2)32-29-31-34-30-27(21(3)35-37(30)23-10-5-4-6-11-23)28(26-14-9-17-38-26)36(31)25-13-8-7-12-24(25)33-29/h4-18,28H,1-3H3,(H,32,33)/t28-/m1/s1. The van der Waals surface area contributed by atoms with E-state index in [9.17, 15) is 0 Å². The SMILES string of the molecule is Cc1ccc(NC2=Nc3ccccc3N3C2=Nc2c(c(C)nn2-c2ccccc2)[C@H]3c2ccco2)cc1C. The first-order valence-electron chi connectivity index (χ1n) is 12.7. The van der Waals surface area contributed by atoms with Gasteiger partial charge in [0.05, 0.1) is 34.6 Å². The molecule has 0 spiro atoms. The van der Waals surface area contributed by atoms with Crippen LogP contribution in [-0.4, -0.2) is 21.5 Å². The van der Waals surface area contributed by atoms with E-state index in [0.717, 1.165) is 45.6 Å². The number of aromatic nitrogens is 2. The molecule has 0 aliphatic carbocycles. The summed E-state index contributed by atoms with van der Waals surface area (Å²) in [5, 5.41) is 8.52. The molecule has 0 bridgehead atoms. The molecule has 0 saturated carbocycles. The first kappa shape index (κ1) is 22.3. The van der Waals surface area contributed by atoms with Crippen molar-refractivity contribution in [3.8, 4) is 5.69 Å². The second kappa shape index (κ2) is 8.59. The highest BCUT2D eigenvalue weighted by Gasteiger charge is 2.42. The molecule has 1 atom stereocenters. The molecule has 3 aromatic carbocycles. The van der Waals surface area contributed by atoms with Gasteiger partial charge in [-0.3, -0.25) is 0 Å². The van der Waals surface area contributed by atoms with Gasteiger partial charge in [-0.15, -0.1) is 0 Å². The number of para-hydroxylation sites is 3. The third kappa shape index (κ3) is 3.47. The third-order valence-electron chi connectivity index (χ3n) is 7.22. The first-order valence-corrected chi connectivity index (χ1v) is 12.7. The fourth-order valence-corrected chi connectivity index (χ4v) is 5.22. The van der Waals surface area contributed by atoms with Crippen molar-refractivity contribution >= 4 is 34.6 Å². The minimum Gasteiger partial charge on any atom is -0.467 e. The van der Waals surface area contributed by atoms with E-state index in [2.05, 4.69) is 48.3 Å². The lowest BCUT2D eigenvalue weighted by Gasteiger charge is -2.39. The molecule has 7 nitrogen and oxygen atoms in total. The number of amidine groups is 2. The normalized spacial score (nSPS) is 15.8. The molecule has 0 unspecified atom stereocenters. The quantitative estimate of drug-likeness (QED) is 0.286. The third-order valence-corrected chi connectivity index (χ3v) is 7.22. The molecule has 2 aliphatic rings. The van der Waals surface area contributed by atoms with Crippen LogP contribution in [0, 0.1) is 20.8 Å². The van der Waals surface area contributed by atoms with Crippen LogP contribution in [-0.2, 0) is 0 Å². The van der Waals surface area contributed by atoms with Crippen LogP contribution < -0.4 is 10.2 Å². The zero-order valence-electron chi connectivity index (χ0n) is 21.4. The largest absolute Gasteiger partial charge is 0.467 e. The van der Waals surface area contributed by atoms with Crippen LogP contribution in [0.5, 0.6) is 0 Å². The minimum atomic E-state index is -0.266. The first-order chi connectivity index (χ1) is 18.6. The molecular weight excluding hydrogens is 472 g/mol. The van der Waals surface area contributed by atoms with E-state index >= 15 is 0 Å². The summed E-state index contributed by atoms with van der Waals surface area (Å²) in [5.74, 6) is 2.98. The summed E-state index contributed by atoms with van der Waals surface area (Å²) in [6.45, 7) is 6.26. The van der Waals surface area contributed by atoms with Gasteiger partial charge in [-0.2, -0.15) is 5.10 Å². The van der Waals surface area contributed by atoms with Crippen molar-refractivity contribution < 1.29 is 4.42 Å². The van der Waals surface area contributed by atoms with Crippen LogP contribution in [0.4, 0.5) is 22.9 Å². The molecule has 0 saturated heterocycles. The highest BCUT2D eigenvalue weighted by molar-refractivity contribution is 6.51. The second-order valence-electron chi connectivity index (χ2n) is 9.67. The molecule has 7 heteroatoms. The summed E-state index contributed by atoms with van der Waals surface area (Å²) in [6.07, 6.45) is 1.72. The van der Waals surface area contributed by atoms with Gasteiger partial charge in [0.25, 0.3) is 0 Å². The zero-order chi connectivity index (χ0) is 25.8. The van der Waals surface area contributed by atoms with Crippen molar-refractivity contribution in [2.45, 2.75) is 26.8 Å². The number of anilines is 2. The highest BCUT2D eigenvalue weighted by atomic mass is 16.3. The van der Waals surface area contributed by atoms with Gasteiger partial charge < -0.3 is 14.6 Å². The van der Waals surface area contributed by atoms with Gasteiger partial charge in [0.1, 0.15) is 11.8 Å². The lowest BCUT2D eigenvalue weighted by molar-refractivity contribution is 0.487. The minimum absolute atomic E-state index is 0.266. The Balaban J connectivity index is 1.48. The van der Waals surface area contributed by atoms with E-state index in [1.165, 1.54) is 11.1 Å². The maximum atomic E-state index is 6.05. The van der Waals surface area contributed by atoms with E-state index in [0.29, 0.717) is 11.7 Å². The fraction of sp³-hybridized carbons (Fsp3) is 0.129. The van der Waals surface area contributed by atoms with Crippen molar-refractivity contribution in [1.29, 1.82) is 0 Å². The average Bonchev–Trinajstić information content (AvgIpc) is 3.59. The van der Waals surface area contributed by atoms with Crippen molar-refractivity contribution in [2.24, 2.45) is 9.98 Å². The van der Waals surface area contributed by atoms with E-state index < -0.39 is 0 Å². The highest BCUT2D eigenvalue weighted by Crippen LogP contribution is 2.48. The van der Waals surface area contributed by atoms with E-state index in [1.54, 1.807) is 6.26 Å². The Bertz CT molecular complexity index is 1730. The summed E-state index contributed by atoms with van der Waals surface area (Å²) < 4.78 is 7.97. The van der Waals surface area contributed by atoms with Gasteiger partial charge in [0.15, 0.2) is 17.5 Å². The number of aryl methyl sites for hydroxylation is 3. The Kier molecular flexibility index (Phi) is 5.04. The van der Waals surface area contributed by atoms with E-state index in [-0.39, 0.29) is 6.04 Å². The van der Waals surface area contributed by atoms with Crippen molar-refractivity contribution in [3.63, 3.8) is 0 Å². The number of nitrogens with one attached hydrogen (secondary N) is 1. The van der Waals surface area contributed by atoms with Crippen LogP contribution in [0.2, 0.25) is 0 Å². The summed E-state index contributed by atoms with van der Waals surface area (Å²) in [6, 6.07) is 28.3. The number of benzene rings is 3. The Morgan fingerprint density at radius 1 is 0.816 bits per heavy atom. The number of rotatable bonds is 3. The topological polar surface area (TPSA) is 71.0 Å². The predicted molar refractivity (Wildman–Crippen MR) is 152 cm³/mol. The number of furan rings is 1. The fourth-order valence-electron chi connectivity index (χ4n) is 5.22. The van der Waals surface area contributed by atoms with Gasteiger partial charge in [-0.1, -0.05) is 36.4 Å². The summed E-state index contributed by atoms with van der Waals surface area (Å²) in [4.78, 5) is 12.5. The summed E-state index contributed by atoms with van der Waals surface area (Å²) in [7, 11) is 0. The van der Waals surface area contributed by atoms with Crippen molar-refractivity contribution in [3.05, 3.63) is 119 Å². The van der Waals surface area contributed by atoms with Crippen LogP contribution in [0.3, 0.4) is 0 Å². The molecular formula is C31H26N6O.